The van der Waals surface area contributed by atoms with E-state index in [1.165, 1.54) is 28.3 Å². The fourth-order valence-electron chi connectivity index (χ4n) is 3.66. The highest BCUT2D eigenvalue weighted by Gasteiger charge is 2.14. The Morgan fingerprint density at radius 1 is 0.926 bits per heavy atom. The molecular weight excluding hydrogens is 337 g/mol. The van der Waals surface area contributed by atoms with Gasteiger partial charge in [0.05, 0.1) is 23.1 Å². The van der Waals surface area contributed by atoms with Gasteiger partial charge in [-0.3, -0.25) is 5.10 Å². The van der Waals surface area contributed by atoms with E-state index in [4.69, 9.17) is 4.98 Å². The van der Waals surface area contributed by atoms with E-state index in [2.05, 4.69) is 53.5 Å². The van der Waals surface area contributed by atoms with Gasteiger partial charge in [0.2, 0.25) is 0 Å². The predicted octanol–water partition coefficient (Wildman–Crippen LogP) is 5.89. The monoisotopic (exact) mass is 353 g/mol. The van der Waals surface area contributed by atoms with Crippen LogP contribution < -0.4 is 0 Å². The maximum absolute atomic E-state index is 13.3. The number of nitrogens with one attached hydrogen (secondary N) is 1. The Bertz CT molecular complexity index is 1290. The van der Waals surface area contributed by atoms with Crippen LogP contribution in [0.2, 0.25) is 0 Å². The molecule has 130 valence electrons. The average Bonchev–Trinajstić information content (AvgIpc) is 3.18. The quantitative estimate of drug-likeness (QED) is 0.402. The molecule has 5 aromatic rings. The third kappa shape index (κ3) is 2.57. The predicted molar refractivity (Wildman–Crippen MR) is 107 cm³/mol. The zero-order valence-electron chi connectivity index (χ0n) is 14.7. The molecule has 0 bridgehead atoms. The minimum absolute atomic E-state index is 0.258. The third-order valence-corrected chi connectivity index (χ3v) is 4.94. The number of hydrogen-bond acceptors (Lipinski definition) is 2. The molecule has 0 aliphatic carbocycles. The van der Waals surface area contributed by atoms with Gasteiger partial charge in [0.15, 0.2) is 0 Å². The number of nitrogens with zero attached hydrogens (tertiary/aromatic N) is 2. The van der Waals surface area contributed by atoms with Gasteiger partial charge in [-0.1, -0.05) is 30.3 Å². The molecule has 0 amide bonds. The summed E-state index contributed by atoms with van der Waals surface area (Å²) >= 11 is 0. The van der Waals surface area contributed by atoms with E-state index >= 15 is 0 Å². The second kappa shape index (κ2) is 6.02. The van der Waals surface area contributed by atoms with Gasteiger partial charge in [0.1, 0.15) is 5.82 Å². The normalized spacial score (nSPS) is 11.3. The fourth-order valence-corrected chi connectivity index (χ4v) is 3.66. The first-order valence-electron chi connectivity index (χ1n) is 8.79. The molecule has 0 unspecified atom stereocenters. The van der Waals surface area contributed by atoms with Gasteiger partial charge in [-0.25, -0.2) is 9.37 Å². The summed E-state index contributed by atoms with van der Waals surface area (Å²) in [5.74, 6) is -0.258. The van der Waals surface area contributed by atoms with Gasteiger partial charge in [-0.2, -0.15) is 5.10 Å². The lowest BCUT2D eigenvalue weighted by Gasteiger charge is -2.10. The molecule has 2 heterocycles. The van der Waals surface area contributed by atoms with Crippen LogP contribution in [0.1, 0.15) is 5.56 Å². The Labute approximate surface area is 155 Å². The van der Waals surface area contributed by atoms with Crippen LogP contribution in [0.15, 0.2) is 72.9 Å². The highest BCUT2D eigenvalue weighted by atomic mass is 19.1. The maximum atomic E-state index is 13.3. The fraction of sp³-hybridized carbons (Fsp3) is 0.0435. The van der Waals surface area contributed by atoms with Gasteiger partial charge < -0.3 is 0 Å². The molecule has 3 nitrogen and oxygen atoms in total. The first kappa shape index (κ1) is 15.7. The van der Waals surface area contributed by atoms with Crippen LogP contribution in [0.3, 0.4) is 0 Å². The molecule has 0 saturated carbocycles. The third-order valence-electron chi connectivity index (χ3n) is 4.94. The van der Waals surface area contributed by atoms with Gasteiger partial charge in [0, 0.05) is 16.5 Å². The molecule has 2 aromatic heterocycles. The number of aryl methyl sites for hydroxylation is 1. The van der Waals surface area contributed by atoms with E-state index < -0.39 is 0 Å². The SMILES string of the molecule is Cc1cc(-c2cn[nH]c2-c2ccc(F)cc2)nc2ccc3ccccc3c12. The Morgan fingerprint density at radius 2 is 1.74 bits per heavy atom. The molecule has 0 aliphatic rings. The topological polar surface area (TPSA) is 41.6 Å². The average molecular weight is 353 g/mol. The number of aromatic nitrogens is 3. The van der Waals surface area contributed by atoms with Crippen LogP contribution in [0.25, 0.3) is 44.2 Å². The summed E-state index contributed by atoms with van der Waals surface area (Å²) < 4.78 is 13.3. The zero-order valence-corrected chi connectivity index (χ0v) is 14.7. The Balaban J connectivity index is 1.72. The van der Waals surface area contributed by atoms with Crippen LogP contribution >= 0.6 is 0 Å². The number of fused-ring (bicyclic) bond motifs is 3. The van der Waals surface area contributed by atoms with Crippen LogP contribution in [-0.4, -0.2) is 15.2 Å². The second-order valence-electron chi connectivity index (χ2n) is 6.67. The van der Waals surface area contributed by atoms with Crippen LogP contribution in [0.4, 0.5) is 4.39 Å². The lowest BCUT2D eigenvalue weighted by molar-refractivity contribution is 0.628. The summed E-state index contributed by atoms with van der Waals surface area (Å²) in [7, 11) is 0. The number of aromatic amines is 1. The van der Waals surface area contributed by atoms with Gasteiger partial charge in [-0.05, 0) is 59.7 Å². The largest absolute Gasteiger partial charge is 0.277 e. The van der Waals surface area contributed by atoms with Crippen molar-refractivity contribution in [1.29, 1.82) is 0 Å². The molecular formula is C23H16FN3. The number of rotatable bonds is 2. The van der Waals surface area contributed by atoms with Crippen molar-refractivity contribution in [2.24, 2.45) is 0 Å². The minimum Gasteiger partial charge on any atom is -0.277 e. The highest BCUT2D eigenvalue weighted by Crippen LogP contribution is 2.33. The molecule has 27 heavy (non-hydrogen) atoms. The Hall–Kier alpha value is -3.53. The van der Waals surface area contributed by atoms with Gasteiger partial charge >= 0.3 is 0 Å². The van der Waals surface area contributed by atoms with Crippen molar-refractivity contribution < 1.29 is 4.39 Å². The summed E-state index contributed by atoms with van der Waals surface area (Å²) in [4.78, 5) is 4.90. The van der Waals surface area contributed by atoms with Crippen molar-refractivity contribution in [3.8, 4) is 22.5 Å². The number of H-pyrrole nitrogens is 1. The number of halogens is 1. The molecule has 3 aromatic carbocycles. The van der Waals surface area contributed by atoms with E-state index in [-0.39, 0.29) is 5.82 Å². The summed E-state index contributed by atoms with van der Waals surface area (Å²) in [5, 5.41) is 10.8. The summed E-state index contributed by atoms with van der Waals surface area (Å²) in [6, 6.07) is 21.0. The van der Waals surface area contributed by atoms with Crippen LogP contribution in [0, 0.1) is 12.7 Å². The molecule has 0 atom stereocenters. The lowest BCUT2D eigenvalue weighted by atomic mass is 9.99. The molecule has 1 N–H and O–H groups in total. The van der Waals surface area contributed by atoms with Crippen molar-refractivity contribution in [2.45, 2.75) is 6.92 Å². The minimum atomic E-state index is -0.258. The van der Waals surface area contributed by atoms with Crippen molar-refractivity contribution in [1.82, 2.24) is 15.2 Å². The molecule has 0 fully saturated rings. The van der Waals surface area contributed by atoms with E-state index in [0.717, 1.165) is 33.6 Å². The molecule has 0 aliphatic heterocycles. The van der Waals surface area contributed by atoms with E-state index in [0.29, 0.717) is 0 Å². The van der Waals surface area contributed by atoms with E-state index in [1.54, 1.807) is 18.3 Å². The first-order chi connectivity index (χ1) is 13.2. The van der Waals surface area contributed by atoms with Crippen molar-refractivity contribution in [3.63, 3.8) is 0 Å². The summed E-state index contributed by atoms with van der Waals surface area (Å²) in [6.07, 6.45) is 1.77. The molecule has 4 heteroatoms. The number of pyridine rings is 1. The standard InChI is InChI=1S/C23H16FN3/c1-14-12-21(19-13-25-27-23(19)16-6-9-17(24)10-7-16)26-20-11-8-15-4-2-3-5-18(15)22(14)20/h2-13H,1H3,(H,25,27). The van der Waals surface area contributed by atoms with Crippen molar-refractivity contribution in [3.05, 3.63) is 84.3 Å². The van der Waals surface area contributed by atoms with E-state index in [9.17, 15) is 4.39 Å². The van der Waals surface area contributed by atoms with E-state index in [1.807, 2.05) is 6.07 Å². The summed E-state index contributed by atoms with van der Waals surface area (Å²) in [5.41, 5.74) is 5.58. The zero-order chi connectivity index (χ0) is 18.4. The molecule has 0 saturated heterocycles. The smallest absolute Gasteiger partial charge is 0.123 e. The Kier molecular flexibility index (Phi) is 3.50. The molecule has 5 rings (SSSR count). The van der Waals surface area contributed by atoms with Gasteiger partial charge in [-0.15, -0.1) is 0 Å². The second-order valence-corrected chi connectivity index (χ2v) is 6.67. The Morgan fingerprint density at radius 3 is 2.59 bits per heavy atom. The molecule has 0 spiro atoms. The van der Waals surface area contributed by atoms with Crippen molar-refractivity contribution >= 4 is 21.7 Å². The van der Waals surface area contributed by atoms with Gasteiger partial charge in [0.25, 0.3) is 0 Å². The first-order valence-corrected chi connectivity index (χ1v) is 8.79. The van der Waals surface area contributed by atoms with Crippen LogP contribution in [0.5, 0.6) is 0 Å². The maximum Gasteiger partial charge on any atom is 0.123 e. The van der Waals surface area contributed by atoms with Crippen molar-refractivity contribution in [2.75, 3.05) is 0 Å². The summed E-state index contributed by atoms with van der Waals surface area (Å²) in [6.45, 7) is 2.11. The number of hydrogen-bond donors (Lipinski definition) is 1. The molecule has 0 radical (unpaired) electrons. The number of benzene rings is 3. The highest BCUT2D eigenvalue weighted by molar-refractivity contribution is 6.08. The lowest BCUT2D eigenvalue weighted by Crippen LogP contribution is -1.91. The van der Waals surface area contributed by atoms with Crippen LogP contribution in [-0.2, 0) is 0 Å².